The Morgan fingerprint density at radius 2 is 2.17 bits per heavy atom. The predicted molar refractivity (Wildman–Crippen MR) is 62.1 cm³/mol. The van der Waals surface area contributed by atoms with E-state index in [1.54, 1.807) is 13.1 Å². The molecule has 0 radical (unpaired) electrons. The molecule has 94 valence electrons. The zero-order valence-electron chi connectivity index (χ0n) is 9.85. The van der Waals surface area contributed by atoms with Crippen molar-refractivity contribution in [2.45, 2.75) is 0 Å². The molecule has 2 aromatic rings. The Hall–Kier alpha value is -2.37. The van der Waals surface area contributed by atoms with Gasteiger partial charge < -0.3 is 9.84 Å². The molecule has 0 amide bonds. The van der Waals surface area contributed by atoms with Gasteiger partial charge in [-0.1, -0.05) is 12.1 Å². The van der Waals surface area contributed by atoms with Crippen LogP contribution in [0.15, 0.2) is 24.4 Å². The Labute approximate surface area is 102 Å². The number of methoxy groups -OCH3 is 1. The quantitative estimate of drug-likeness (QED) is 0.904. The molecule has 1 heterocycles. The van der Waals surface area contributed by atoms with Crippen molar-refractivity contribution in [1.29, 1.82) is 0 Å². The van der Waals surface area contributed by atoms with E-state index in [0.29, 0.717) is 0 Å². The first-order valence-corrected chi connectivity index (χ1v) is 5.14. The fourth-order valence-electron chi connectivity index (χ4n) is 1.72. The van der Waals surface area contributed by atoms with Crippen molar-refractivity contribution in [1.82, 2.24) is 9.78 Å². The fourth-order valence-corrected chi connectivity index (χ4v) is 1.72. The molecule has 1 N–H and O–H groups in total. The maximum atomic E-state index is 14.1. The number of hydrogen-bond donors (Lipinski definition) is 1. The number of nitrogens with zero attached hydrogens (tertiary/aromatic N) is 2. The Kier molecular flexibility index (Phi) is 3.01. The molecule has 5 nitrogen and oxygen atoms in total. The van der Waals surface area contributed by atoms with E-state index in [2.05, 4.69) is 5.10 Å². The highest BCUT2D eigenvalue weighted by atomic mass is 19.1. The standard InChI is InChI=1S/C12H11FN2O3/c1-15-6-8(11(14-15)12(16)17)7-4-3-5-9(18-2)10(7)13/h3-6H,1-2H3,(H,16,17). The van der Waals surface area contributed by atoms with Crippen molar-refractivity contribution >= 4 is 5.97 Å². The minimum absolute atomic E-state index is 0.0627. The number of aromatic carboxylic acids is 1. The summed E-state index contributed by atoms with van der Waals surface area (Å²) in [6.45, 7) is 0. The molecule has 1 aromatic carbocycles. The Morgan fingerprint density at radius 1 is 1.44 bits per heavy atom. The summed E-state index contributed by atoms with van der Waals surface area (Å²) in [5, 5.41) is 12.8. The number of rotatable bonds is 3. The molecule has 6 heteroatoms. The lowest BCUT2D eigenvalue weighted by Gasteiger charge is -2.06. The first-order valence-electron chi connectivity index (χ1n) is 5.14. The van der Waals surface area contributed by atoms with Crippen LogP contribution in [-0.2, 0) is 7.05 Å². The van der Waals surface area contributed by atoms with E-state index in [-0.39, 0.29) is 22.6 Å². The molecule has 1 aromatic heterocycles. The van der Waals surface area contributed by atoms with Crippen LogP contribution in [0, 0.1) is 5.82 Å². The van der Waals surface area contributed by atoms with Gasteiger partial charge in [0.1, 0.15) is 0 Å². The van der Waals surface area contributed by atoms with Crippen LogP contribution in [0.1, 0.15) is 10.5 Å². The zero-order chi connectivity index (χ0) is 13.3. The van der Waals surface area contributed by atoms with Gasteiger partial charge in [0.05, 0.1) is 7.11 Å². The molecule has 0 aliphatic heterocycles. The summed E-state index contributed by atoms with van der Waals surface area (Å²) in [5.74, 6) is -1.74. The van der Waals surface area contributed by atoms with Gasteiger partial charge in [0.25, 0.3) is 0 Å². The van der Waals surface area contributed by atoms with Gasteiger partial charge in [0.2, 0.25) is 0 Å². The van der Waals surface area contributed by atoms with Crippen LogP contribution in [0.3, 0.4) is 0 Å². The number of benzene rings is 1. The topological polar surface area (TPSA) is 64.4 Å². The van der Waals surface area contributed by atoms with Crippen LogP contribution < -0.4 is 4.74 Å². The number of carboxylic acid groups (broad SMARTS) is 1. The summed E-state index contributed by atoms with van der Waals surface area (Å²) < 4.78 is 20.3. The molecule has 0 aliphatic carbocycles. The zero-order valence-corrected chi connectivity index (χ0v) is 9.85. The van der Waals surface area contributed by atoms with Gasteiger partial charge in [-0.3, -0.25) is 4.68 Å². The average molecular weight is 250 g/mol. The monoisotopic (exact) mass is 250 g/mol. The highest BCUT2D eigenvalue weighted by Crippen LogP contribution is 2.30. The predicted octanol–water partition coefficient (Wildman–Crippen LogP) is 1.93. The summed E-state index contributed by atoms with van der Waals surface area (Å²) >= 11 is 0. The van der Waals surface area contributed by atoms with Crippen molar-refractivity contribution in [2.24, 2.45) is 7.05 Å². The van der Waals surface area contributed by atoms with Crippen LogP contribution >= 0.6 is 0 Å². The minimum atomic E-state index is -1.20. The van der Waals surface area contributed by atoms with E-state index in [0.717, 1.165) is 0 Å². The third kappa shape index (κ3) is 1.92. The van der Waals surface area contributed by atoms with E-state index in [4.69, 9.17) is 9.84 Å². The van der Waals surface area contributed by atoms with Crippen molar-refractivity contribution in [3.8, 4) is 16.9 Å². The average Bonchev–Trinajstić information content (AvgIpc) is 2.71. The normalized spacial score (nSPS) is 10.4. The van der Waals surface area contributed by atoms with Crippen molar-refractivity contribution in [3.63, 3.8) is 0 Å². The van der Waals surface area contributed by atoms with Crippen LogP contribution in [0.5, 0.6) is 5.75 Å². The minimum Gasteiger partial charge on any atom is -0.494 e. The molecule has 0 saturated heterocycles. The number of aryl methyl sites for hydroxylation is 1. The number of carboxylic acids is 1. The smallest absolute Gasteiger partial charge is 0.357 e. The van der Waals surface area contributed by atoms with E-state index < -0.39 is 11.8 Å². The van der Waals surface area contributed by atoms with Gasteiger partial charge in [0.15, 0.2) is 17.3 Å². The lowest BCUT2D eigenvalue weighted by atomic mass is 10.1. The summed E-state index contributed by atoms with van der Waals surface area (Å²) in [6, 6.07) is 4.55. The van der Waals surface area contributed by atoms with Gasteiger partial charge in [-0.2, -0.15) is 5.10 Å². The van der Waals surface area contributed by atoms with Gasteiger partial charge in [-0.25, -0.2) is 9.18 Å². The van der Waals surface area contributed by atoms with Crippen LogP contribution in [0.4, 0.5) is 4.39 Å². The molecule has 0 spiro atoms. The number of aromatic nitrogens is 2. The van der Waals surface area contributed by atoms with E-state index in [1.165, 1.54) is 30.1 Å². The molecular weight excluding hydrogens is 239 g/mol. The second-order valence-corrected chi connectivity index (χ2v) is 3.69. The first kappa shape index (κ1) is 12.1. The molecule has 0 aliphatic rings. The summed E-state index contributed by atoms with van der Waals surface area (Å²) in [6.07, 6.45) is 1.46. The number of carbonyl (C=O) groups is 1. The maximum Gasteiger partial charge on any atom is 0.357 e. The fraction of sp³-hybridized carbons (Fsp3) is 0.167. The highest BCUT2D eigenvalue weighted by molar-refractivity contribution is 5.94. The van der Waals surface area contributed by atoms with Crippen molar-refractivity contribution in [3.05, 3.63) is 35.9 Å². The molecule has 0 bridgehead atoms. The van der Waals surface area contributed by atoms with E-state index in [1.807, 2.05) is 0 Å². The molecule has 0 fully saturated rings. The van der Waals surface area contributed by atoms with Gasteiger partial charge >= 0.3 is 5.97 Å². The Bertz CT molecular complexity index is 607. The SMILES string of the molecule is COc1cccc(-c2cn(C)nc2C(=O)O)c1F. The number of hydrogen-bond acceptors (Lipinski definition) is 3. The largest absolute Gasteiger partial charge is 0.494 e. The van der Waals surface area contributed by atoms with Crippen LogP contribution in [0.25, 0.3) is 11.1 Å². The molecule has 0 unspecified atom stereocenters. The van der Waals surface area contributed by atoms with Gasteiger partial charge in [-0.15, -0.1) is 0 Å². The van der Waals surface area contributed by atoms with Gasteiger partial charge in [-0.05, 0) is 6.07 Å². The Morgan fingerprint density at radius 3 is 2.78 bits per heavy atom. The summed E-state index contributed by atoms with van der Waals surface area (Å²) in [7, 11) is 2.93. The molecule has 2 rings (SSSR count). The lowest BCUT2D eigenvalue weighted by Crippen LogP contribution is -2.01. The highest BCUT2D eigenvalue weighted by Gasteiger charge is 2.20. The van der Waals surface area contributed by atoms with Gasteiger partial charge in [0, 0.05) is 24.4 Å². The van der Waals surface area contributed by atoms with Crippen molar-refractivity contribution in [2.75, 3.05) is 7.11 Å². The van der Waals surface area contributed by atoms with E-state index >= 15 is 0 Å². The third-order valence-electron chi connectivity index (χ3n) is 2.50. The van der Waals surface area contributed by atoms with E-state index in [9.17, 15) is 9.18 Å². The molecular formula is C12H11FN2O3. The summed E-state index contributed by atoms with van der Waals surface area (Å²) in [4.78, 5) is 11.0. The van der Waals surface area contributed by atoms with Crippen LogP contribution in [-0.4, -0.2) is 28.0 Å². The molecule has 0 saturated carbocycles. The van der Waals surface area contributed by atoms with Crippen LogP contribution in [0.2, 0.25) is 0 Å². The lowest BCUT2D eigenvalue weighted by molar-refractivity contribution is 0.0690. The maximum absolute atomic E-state index is 14.1. The molecule has 18 heavy (non-hydrogen) atoms. The second-order valence-electron chi connectivity index (χ2n) is 3.69. The third-order valence-corrected chi connectivity index (χ3v) is 2.50. The first-order chi connectivity index (χ1) is 8.54. The second kappa shape index (κ2) is 4.48. The molecule has 0 atom stereocenters. The van der Waals surface area contributed by atoms with Crippen molar-refractivity contribution < 1.29 is 19.0 Å². The Balaban J connectivity index is 2.65. The summed E-state index contributed by atoms with van der Waals surface area (Å²) in [5.41, 5.74) is 0.186. The number of ether oxygens (including phenoxy) is 1. The number of halogens is 1.